The number of fused-ring (bicyclic) bond motifs is 2. The highest BCUT2D eigenvalue weighted by Gasteiger charge is 2.47. The molecule has 4 aromatic rings. The molecule has 1 aromatic carbocycles. The van der Waals surface area contributed by atoms with Crippen molar-refractivity contribution in [2.24, 2.45) is 0 Å². The van der Waals surface area contributed by atoms with E-state index in [-0.39, 0.29) is 37.4 Å². The van der Waals surface area contributed by atoms with Crippen molar-refractivity contribution in [3.05, 3.63) is 36.3 Å². The standard InChI is InChI=1S/C25H28F3N7O2/c1-15-29-19-4-3-16(11-20(19)34(15)10-7-26)18-5-9-35-22(18)23(36-2)31-24(32-35)30-21-6-8-33(14-25(21,27)28)17-12-37-13-17/h3-5,9,11,17,21H,6-8,10,12-14H2,1-2H3,(H,30,32). The summed E-state index contributed by atoms with van der Waals surface area (Å²) < 4.78 is 57.3. The first-order valence-corrected chi connectivity index (χ1v) is 12.3. The molecule has 5 heterocycles. The van der Waals surface area contributed by atoms with E-state index in [9.17, 15) is 13.2 Å². The predicted molar refractivity (Wildman–Crippen MR) is 132 cm³/mol. The third-order valence-corrected chi connectivity index (χ3v) is 7.30. The summed E-state index contributed by atoms with van der Waals surface area (Å²) >= 11 is 0. The van der Waals surface area contributed by atoms with E-state index in [2.05, 4.69) is 20.4 Å². The van der Waals surface area contributed by atoms with E-state index in [0.717, 1.165) is 28.0 Å². The number of benzene rings is 1. The maximum atomic E-state index is 15.0. The number of rotatable bonds is 7. The van der Waals surface area contributed by atoms with Gasteiger partial charge >= 0.3 is 0 Å². The molecule has 0 radical (unpaired) electrons. The van der Waals surface area contributed by atoms with Crippen LogP contribution in [0.25, 0.3) is 27.7 Å². The zero-order chi connectivity index (χ0) is 25.7. The summed E-state index contributed by atoms with van der Waals surface area (Å²) in [6.07, 6.45) is 2.00. The van der Waals surface area contributed by atoms with Crippen LogP contribution in [-0.2, 0) is 11.3 Å². The molecule has 0 amide bonds. The van der Waals surface area contributed by atoms with Crippen molar-refractivity contribution in [3.63, 3.8) is 0 Å². The number of aromatic nitrogens is 5. The van der Waals surface area contributed by atoms with Crippen molar-refractivity contribution in [3.8, 4) is 17.0 Å². The molecular weight excluding hydrogens is 487 g/mol. The molecule has 2 aliphatic rings. The topological polar surface area (TPSA) is 81.7 Å². The van der Waals surface area contributed by atoms with Crippen LogP contribution >= 0.6 is 0 Å². The fraction of sp³-hybridized carbons (Fsp3) is 0.480. The Morgan fingerprint density at radius 1 is 1.22 bits per heavy atom. The molecular formula is C25H28F3N7O2. The summed E-state index contributed by atoms with van der Waals surface area (Å²) in [6, 6.07) is 6.61. The van der Waals surface area contributed by atoms with Crippen LogP contribution in [0.1, 0.15) is 12.2 Å². The van der Waals surface area contributed by atoms with Crippen molar-refractivity contribution in [2.75, 3.05) is 45.4 Å². The van der Waals surface area contributed by atoms with Gasteiger partial charge in [0.1, 0.15) is 18.0 Å². The number of nitrogens with zero attached hydrogens (tertiary/aromatic N) is 6. The van der Waals surface area contributed by atoms with Gasteiger partial charge in [-0.25, -0.2) is 22.7 Å². The Bertz CT molecular complexity index is 1450. The molecule has 2 fully saturated rings. The third-order valence-electron chi connectivity index (χ3n) is 7.30. The van der Waals surface area contributed by atoms with Gasteiger partial charge in [0.15, 0.2) is 0 Å². The maximum Gasteiger partial charge on any atom is 0.280 e. The molecule has 2 aliphatic heterocycles. The molecule has 2 saturated heterocycles. The molecule has 1 unspecified atom stereocenters. The van der Waals surface area contributed by atoms with Gasteiger partial charge in [-0.1, -0.05) is 6.07 Å². The van der Waals surface area contributed by atoms with E-state index in [1.165, 1.54) is 7.11 Å². The lowest BCUT2D eigenvalue weighted by Crippen LogP contribution is -2.61. The van der Waals surface area contributed by atoms with Gasteiger partial charge in [-0.2, -0.15) is 4.98 Å². The number of methoxy groups -OCH3 is 1. The van der Waals surface area contributed by atoms with Crippen LogP contribution in [0.3, 0.4) is 0 Å². The number of nitrogens with one attached hydrogen (secondary N) is 1. The van der Waals surface area contributed by atoms with Crippen LogP contribution in [0.2, 0.25) is 0 Å². The van der Waals surface area contributed by atoms with E-state index in [4.69, 9.17) is 9.47 Å². The van der Waals surface area contributed by atoms with Crippen LogP contribution in [-0.4, -0.2) is 87.1 Å². The van der Waals surface area contributed by atoms with Gasteiger partial charge in [0.2, 0.25) is 11.8 Å². The van der Waals surface area contributed by atoms with E-state index in [0.29, 0.717) is 25.3 Å². The van der Waals surface area contributed by atoms with Gasteiger partial charge < -0.3 is 19.4 Å². The molecule has 0 bridgehead atoms. The normalized spacial score (nSPS) is 20.4. The van der Waals surface area contributed by atoms with Crippen molar-refractivity contribution in [1.82, 2.24) is 29.0 Å². The van der Waals surface area contributed by atoms with Crippen LogP contribution in [0.4, 0.5) is 19.1 Å². The minimum absolute atomic E-state index is 0.0663. The van der Waals surface area contributed by atoms with Crippen molar-refractivity contribution < 1.29 is 22.6 Å². The summed E-state index contributed by atoms with van der Waals surface area (Å²) in [7, 11) is 1.49. The Hall–Kier alpha value is -3.38. The molecule has 6 rings (SSSR count). The first-order chi connectivity index (χ1) is 17.9. The molecule has 1 atom stereocenters. The van der Waals surface area contributed by atoms with Crippen LogP contribution < -0.4 is 10.1 Å². The fourth-order valence-corrected chi connectivity index (χ4v) is 5.25. The lowest BCUT2D eigenvalue weighted by molar-refractivity contribution is -0.131. The molecule has 0 aliphatic carbocycles. The SMILES string of the molecule is COc1nc(NC2CCN(C3COC3)CC2(F)F)nn2ccc(-c3ccc4nc(C)n(CCF)c4c3)c12. The minimum atomic E-state index is -2.95. The number of hydrogen-bond acceptors (Lipinski definition) is 7. The number of aryl methyl sites for hydroxylation is 2. The molecule has 3 aromatic heterocycles. The summed E-state index contributed by atoms with van der Waals surface area (Å²) in [5.41, 5.74) is 3.87. The number of alkyl halides is 3. The van der Waals surface area contributed by atoms with Gasteiger partial charge in [0.05, 0.1) is 56.5 Å². The quantitative estimate of drug-likeness (QED) is 0.403. The van der Waals surface area contributed by atoms with E-state index in [1.807, 2.05) is 35.8 Å². The summed E-state index contributed by atoms with van der Waals surface area (Å²) in [4.78, 5) is 10.7. The third kappa shape index (κ3) is 4.17. The monoisotopic (exact) mass is 515 g/mol. The van der Waals surface area contributed by atoms with E-state index in [1.54, 1.807) is 15.6 Å². The molecule has 9 nitrogen and oxygen atoms in total. The Labute approximate surface area is 211 Å². The highest BCUT2D eigenvalue weighted by atomic mass is 19.3. The van der Waals surface area contributed by atoms with Crippen molar-refractivity contribution >= 4 is 22.5 Å². The van der Waals surface area contributed by atoms with Gasteiger partial charge in [0, 0.05) is 18.3 Å². The molecule has 0 saturated carbocycles. The van der Waals surface area contributed by atoms with Crippen molar-refractivity contribution in [2.45, 2.75) is 37.9 Å². The van der Waals surface area contributed by atoms with E-state index >= 15 is 0 Å². The number of hydrogen-bond donors (Lipinski definition) is 1. The molecule has 196 valence electrons. The van der Waals surface area contributed by atoms with Crippen LogP contribution in [0, 0.1) is 6.92 Å². The number of likely N-dealkylation sites (tertiary alicyclic amines) is 1. The minimum Gasteiger partial charge on any atom is -0.479 e. The second kappa shape index (κ2) is 9.18. The lowest BCUT2D eigenvalue weighted by Gasteiger charge is -2.44. The average molecular weight is 516 g/mol. The van der Waals surface area contributed by atoms with Gasteiger partial charge in [-0.3, -0.25) is 4.90 Å². The Morgan fingerprint density at radius 2 is 2.05 bits per heavy atom. The Kier molecular flexibility index (Phi) is 5.95. The molecule has 1 N–H and O–H groups in total. The first kappa shape index (κ1) is 24.0. The average Bonchev–Trinajstić information content (AvgIpc) is 3.39. The molecule has 0 spiro atoms. The largest absolute Gasteiger partial charge is 0.479 e. The number of piperidine rings is 1. The number of imidazole rings is 1. The van der Waals surface area contributed by atoms with Gasteiger partial charge in [0.25, 0.3) is 5.92 Å². The van der Waals surface area contributed by atoms with Gasteiger partial charge in [-0.15, -0.1) is 5.10 Å². The number of ether oxygens (including phenoxy) is 2. The molecule has 12 heteroatoms. The summed E-state index contributed by atoms with van der Waals surface area (Å²) in [6.45, 7) is 2.82. The number of halogens is 3. The van der Waals surface area contributed by atoms with Crippen molar-refractivity contribution in [1.29, 1.82) is 0 Å². The lowest BCUT2D eigenvalue weighted by atomic mass is 9.98. The summed E-state index contributed by atoms with van der Waals surface area (Å²) in [5, 5.41) is 7.32. The highest BCUT2D eigenvalue weighted by Crippen LogP contribution is 2.35. The maximum absolute atomic E-state index is 15.0. The highest BCUT2D eigenvalue weighted by molar-refractivity contribution is 5.89. The fourth-order valence-electron chi connectivity index (χ4n) is 5.25. The zero-order valence-corrected chi connectivity index (χ0v) is 20.6. The Balaban J connectivity index is 1.31. The van der Waals surface area contributed by atoms with Crippen LogP contribution in [0.5, 0.6) is 5.88 Å². The zero-order valence-electron chi connectivity index (χ0n) is 20.6. The van der Waals surface area contributed by atoms with Crippen LogP contribution in [0.15, 0.2) is 30.5 Å². The second-order valence-corrected chi connectivity index (χ2v) is 9.58. The second-order valence-electron chi connectivity index (χ2n) is 9.58. The van der Waals surface area contributed by atoms with E-state index < -0.39 is 18.6 Å². The smallest absolute Gasteiger partial charge is 0.280 e. The van der Waals surface area contributed by atoms with Gasteiger partial charge in [-0.05, 0) is 37.1 Å². The molecule has 37 heavy (non-hydrogen) atoms. The first-order valence-electron chi connectivity index (χ1n) is 12.3. The number of anilines is 1. The Morgan fingerprint density at radius 3 is 2.76 bits per heavy atom. The summed E-state index contributed by atoms with van der Waals surface area (Å²) in [5.74, 6) is -1.87. The predicted octanol–water partition coefficient (Wildman–Crippen LogP) is 3.55.